The van der Waals surface area contributed by atoms with Gasteiger partial charge in [0, 0.05) is 55.5 Å². The van der Waals surface area contributed by atoms with E-state index in [9.17, 15) is 4.79 Å². The number of anilines is 3. The van der Waals surface area contributed by atoms with Gasteiger partial charge in [0.15, 0.2) is 0 Å². The molecule has 1 amide bonds. The van der Waals surface area contributed by atoms with Crippen LogP contribution in [0.4, 0.5) is 23.0 Å². The molecular formula is C31H31N7O. The molecule has 1 saturated heterocycles. The van der Waals surface area contributed by atoms with E-state index in [4.69, 9.17) is 0 Å². The lowest BCUT2D eigenvalue weighted by Gasteiger charge is -2.37. The fourth-order valence-electron chi connectivity index (χ4n) is 5.06. The number of aromatic nitrogens is 2. The van der Waals surface area contributed by atoms with Gasteiger partial charge in [-0.2, -0.15) is 0 Å². The van der Waals surface area contributed by atoms with E-state index in [1.165, 1.54) is 0 Å². The van der Waals surface area contributed by atoms with Crippen LogP contribution < -0.4 is 15.1 Å². The van der Waals surface area contributed by atoms with E-state index in [0.717, 1.165) is 40.6 Å². The highest BCUT2D eigenvalue weighted by atomic mass is 16.2. The Hall–Kier alpha value is -4.72. The van der Waals surface area contributed by atoms with Crippen LogP contribution in [0.5, 0.6) is 0 Å². The molecule has 8 nitrogen and oxygen atoms in total. The van der Waals surface area contributed by atoms with E-state index >= 15 is 0 Å². The zero-order valence-corrected chi connectivity index (χ0v) is 21.9. The number of carbonyl (C=O) groups is 1. The second-order valence-electron chi connectivity index (χ2n) is 9.66. The summed E-state index contributed by atoms with van der Waals surface area (Å²) < 4.78 is 0. The van der Waals surface area contributed by atoms with E-state index in [-0.39, 0.29) is 12.1 Å². The monoisotopic (exact) mass is 517 g/mol. The summed E-state index contributed by atoms with van der Waals surface area (Å²) in [6, 6.07) is 26.0. The van der Waals surface area contributed by atoms with Crippen LogP contribution in [0.25, 0.3) is 0 Å². The maximum absolute atomic E-state index is 13.8. The molecule has 196 valence electrons. The van der Waals surface area contributed by atoms with Crippen LogP contribution in [0.15, 0.2) is 96.2 Å². The summed E-state index contributed by atoms with van der Waals surface area (Å²) in [5, 5.41) is 3.68. The molecule has 2 aliphatic heterocycles. The number of piperazine rings is 1. The van der Waals surface area contributed by atoms with Crippen LogP contribution in [0.1, 0.15) is 34.6 Å². The lowest BCUT2D eigenvalue weighted by atomic mass is 10.1. The quantitative estimate of drug-likeness (QED) is 0.374. The van der Waals surface area contributed by atoms with Crippen LogP contribution in [0, 0.1) is 0 Å². The number of rotatable bonds is 6. The van der Waals surface area contributed by atoms with Crippen LogP contribution in [0.2, 0.25) is 0 Å². The molecule has 0 bridgehead atoms. The number of fused-ring (bicyclic) bond motifs is 1. The fourth-order valence-corrected chi connectivity index (χ4v) is 5.06. The largest absolute Gasteiger partial charge is 0.360 e. The van der Waals surface area contributed by atoms with Crippen molar-refractivity contribution in [2.24, 2.45) is 4.99 Å². The molecule has 3 aromatic carbocycles. The fraction of sp³-hybridized carbons (Fsp3) is 0.226. The minimum absolute atomic E-state index is 0.0176. The van der Waals surface area contributed by atoms with Crippen LogP contribution in [0.3, 0.4) is 0 Å². The molecule has 0 aliphatic carbocycles. The summed E-state index contributed by atoms with van der Waals surface area (Å²) in [6.45, 7) is 4.71. The molecular weight excluding hydrogens is 486 g/mol. The molecule has 0 spiro atoms. The van der Waals surface area contributed by atoms with E-state index < -0.39 is 0 Å². The third-order valence-corrected chi connectivity index (χ3v) is 7.28. The smallest absolute Gasteiger partial charge is 0.256 e. The molecule has 0 radical (unpaired) electrons. The van der Waals surface area contributed by atoms with Gasteiger partial charge in [0.25, 0.3) is 5.91 Å². The van der Waals surface area contributed by atoms with E-state index in [1.807, 2.05) is 84.3 Å². The Morgan fingerprint density at radius 3 is 2.33 bits per heavy atom. The summed E-state index contributed by atoms with van der Waals surface area (Å²) in [4.78, 5) is 33.7. The van der Waals surface area contributed by atoms with Crippen molar-refractivity contribution in [1.29, 1.82) is 0 Å². The lowest BCUT2D eigenvalue weighted by molar-refractivity contribution is 0.0747. The van der Waals surface area contributed by atoms with Crippen molar-refractivity contribution in [3.8, 4) is 0 Å². The van der Waals surface area contributed by atoms with Crippen molar-refractivity contribution < 1.29 is 4.79 Å². The normalized spacial score (nSPS) is 16.6. The van der Waals surface area contributed by atoms with Crippen LogP contribution >= 0.6 is 0 Å². The average molecular weight is 518 g/mol. The molecule has 1 N–H and O–H groups in total. The first-order valence-electron chi connectivity index (χ1n) is 13.4. The first kappa shape index (κ1) is 24.6. The molecule has 2 aliphatic rings. The number of carbonyl (C=O) groups excluding carboxylic acids is 1. The van der Waals surface area contributed by atoms with Crippen molar-refractivity contribution in [3.63, 3.8) is 0 Å². The number of para-hydroxylation sites is 3. The summed E-state index contributed by atoms with van der Waals surface area (Å²) in [5.74, 6) is 0.740. The third kappa shape index (κ3) is 5.05. The predicted molar refractivity (Wildman–Crippen MR) is 156 cm³/mol. The first-order chi connectivity index (χ1) is 19.2. The van der Waals surface area contributed by atoms with Gasteiger partial charge in [0.05, 0.1) is 17.6 Å². The number of nitrogens with one attached hydrogen (secondary N) is 1. The van der Waals surface area contributed by atoms with Gasteiger partial charge >= 0.3 is 0 Å². The lowest BCUT2D eigenvalue weighted by Crippen LogP contribution is -2.49. The summed E-state index contributed by atoms with van der Waals surface area (Å²) in [5.41, 5.74) is 5.55. The van der Waals surface area contributed by atoms with Gasteiger partial charge in [-0.3, -0.25) is 4.79 Å². The zero-order chi connectivity index (χ0) is 26.6. The standard InChI is InChI=1S/C31H31N7O/c1-2-23-20-32-31(33-21-23)37-18-16-36(17-19-37)30(39)26-13-7-9-15-28(26)35-29-25-12-6-8-14-27(25)34-22-38(29)24-10-4-3-5-11-24/h3-15,20-22,29,35H,2,16-19H2,1H3. The second-order valence-corrected chi connectivity index (χ2v) is 9.66. The molecule has 4 aromatic rings. The average Bonchev–Trinajstić information content (AvgIpc) is 3.02. The van der Waals surface area contributed by atoms with Crippen molar-refractivity contribution in [2.45, 2.75) is 19.5 Å². The van der Waals surface area contributed by atoms with Crippen molar-refractivity contribution in [2.75, 3.05) is 41.3 Å². The SMILES string of the molecule is CCc1cnc(N2CCN(C(=O)c3ccccc3NC3c4ccccc4N=CN3c3ccccc3)CC2)nc1. The maximum atomic E-state index is 13.8. The van der Waals surface area contributed by atoms with Gasteiger partial charge in [0.1, 0.15) is 6.17 Å². The Kier molecular flexibility index (Phi) is 6.91. The van der Waals surface area contributed by atoms with Crippen molar-refractivity contribution in [3.05, 3.63) is 108 Å². The Balaban J connectivity index is 1.22. The number of nitrogens with zero attached hydrogens (tertiary/aromatic N) is 6. The molecule has 1 atom stereocenters. The molecule has 39 heavy (non-hydrogen) atoms. The zero-order valence-electron chi connectivity index (χ0n) is 21.9. The maximum Gasteiger partial charge on any atom is 0.256 e. The van der Waals surface area contributed by atoms with Crippen molar-refractivity contribution >= 4 is 35.3 Å². The molecule has 1 aromatic heterocycles. The Bertz CT molecular complexity index is 1460. The minimum Gasteiger partial charge on any atom is -0.360 e. The summed E-state index contributed by atoms with van der Waals surface area (Å²) >= 11 is 0. The van der Waals surface area contributed by atoms with Gasteiger partial charge in [-0.15, -0.1) is 0 Å². The molecule has 8 heteroatoms. The summed E-state index contributed by atoms with van der Waals surface area (Å²) in [6.07, 6.45) is 6.31. The highest BCUT2D eigenvalue weighted by Crippen LogP contribution is 2.37. The van der Waals surface area contributed by atoms with Crippen LogP contribution in [-0.2, 0) is 6.42 Å². The van der Waals surface area contributed by atoms with E-state index in [1.54, 1.807) is 0 Å². The number of amides is 1. The van der Waals surface area contributed by atoms with Crippen LogP contribution in [-0.4, -0.2) is 53.3 Å². The predicted octanol–water partition coefficient (Wildman–Crippen LogP) is 5.29. The van der Waals surface area contributed by atoms with E-state index in [2.05, 4.69) is 55.2 Å². The van der Waals surface area contributed by atoms with Gasteiger partial charge in [-0.25, -0.2) is 15.0 Å². The highest BCUT2D eigenvalue weighted by molar-refractivity contribution is 6.00. The molecule has 1 fully saturated rings. The second kappa shape index (κ2) is 10.9. The van der Waals surface area contributed by atoms with Gasteiger partial charge in [0.2, 0.25) is 5.95 Å². The minimum atomic E-state index is -0.227. The number of aliphatic imine (C=N–C) groups is 1. The van der Waals surface area contributed by atoms with Gasteiger partial charge in [-0.1, -0.05) is 55.5 Å². The number of hydrogen-bond donors (Lipinski definition) is 1. The molecule has 0 saturated carbocycles. The summed E-state index contributed by atoms with van der Waals surface area (Å²) in [7, 11) is 0. The molecule has 1 unspecified atom stereocenters. The Labute approximate surface area is 228 Å². The number of aryl methyl sites for hydroxylation is 1. The Morgan fingerprint density at radius 2 is 1.56 bits per heavy atom. The topological polar surface area (TPSA) is 77.0 Å². The van der Waals surface area contributed by atoms with E-state index in [0.29, 0.717) is 31.7 Å². The first-order valence-corrected chi connectivity index (χ1v) is 13.4. The number of hydrogen-bond acceptors (Lipinski definition) is 7. The van der Waals surface area contributed by atoms with Gasteiger partial charge < -0.3 is 20.0 Å². The van der Waals surface area contributed by atoms with Crippen molar-refractivity contribution in [1.82, 2.24) is 14.9 Å². The Morgan fingerprint density at radius 1 is 0.872 bits per heavy atom. The molecule has 6 rings (SSSR count). The van der Waals surface area contributed by atoms with Gasteiger partial charge in [-0.05, 0) is 42.3 Å². The third-order valence-electron chi connectivity index (χ3n) is 7.28. The number of benzene rings is 3. The highest BCUT2D eigenvalue weighted by Gasteiger charge is 2.29. The molecule has 3 heterocycles.